The SMILES string of the molecule is CCC(C)S(=O)(=O)N(O)C(=O)NS. The van der Waals surface area contributed by atoms with E-state index in [9.17, 15) is 13.2 Å². The van der Waals surface area contributed by atoms with Crippen molar-refractivity contribution < 1.29 is 18.4 Å². The molecular formula is C5H12N2O4S2. The molecule has 0 aromatic rings. The third kappa shape index (κ3) is 2.75. The van der Waals surface area contributed by atoms with Crippen LogP contribution in [0.5, 0.6) is 0 Å². The van der Waals surface area contributed by atoms with E-state index in [-0.39, 0.29) is 4.47 Å². The Morgan fingerprint density at radius 1 is 1.69 bits per heavy atom. The third-order valence-corrected chi connectivity index (χ3v) is 3.78. The lowest BCUT2D eigenvalue weighted by atomic mass is 10.4. The van der Waals surface area contributed by atoms with Gasteiger partial charge in [0.25, 0.3) is 10.0 Å². The highest BCUT2D eigenvalue weighted by molar-refractivity contribution is 7.90. The predicted molar refractivity (Wildman–Crippen MR) is 49.8 cm³/mol. The minimum Gasteiger partial charge on any atom is -0.282 e. The Bertz CT molecular complexity index is 276. The molecule has 0 aliphatic heterocycles. The Labute approximate surface area is 82.5 Å². The molecule has 0 aliphatic rings. The van der Waals surface area contributed by atoms with Crippen LogP contribution in [-0.4, -0.2) is 29.4 Å². The van der Waals surface area contributed by atoms with Gasteiger partial charge in [-0.05, 0) is 13.3 Å². The Hall–Kier alpha value is -0.470. The molecule has 8 heteroatoms. The summed E-state index contributed by atoms with van der Waals surface area (Å²) >= 11 is 3.32. The van der Waals surface area contributed by atoms with E-state index in [1.54, 1.807) is 11.6 Å². The van der Waals surface area contributed by atoms with Crippen LogP contribution >= 0.6 is 12.8 Å². The maximum atomic E-state index is 11.2. The molecule has 0 aromatic carbocycles. The summed E-state index contributed by atoms with van der Waals surface area (Å²) in [7, 11) is -3.97. The number of nitrogens with zero attached hydrogens (tertiary/aromatic N) is 1. The van der Waals surface area contributed by atoms with Crippen molar-refractivity contribution in [3.05, 3.63) is 0 Å². The van der Waals surface area contributed by atoms with E-state index in [2.05, 4.69) is 12.8 Å². The van der Waals surface area contributed by atoms with Crippen LogP contribution in [-0.2, 0) is 10.0 Å². The molecule has 1 unspecified atom stereocenters. The van der Waals surface area contributed by atoms with E-state index < -0.39 is 21.3 Å². The monoisotopic (exact) mass is 228 g/mol. The summed E-state index contributed by atoms with van der Waals surface area (Å²) in [5, 5.41) is 8.11. The van der Waals surface area contributed by atoms with E-state index in [0.29, 0.717) is 6.42 Å². The fourth-order valence-corrected chi connectivity index (χ4v) is 1.74. The largest absolute Gasteiger partial charge is 0.365 e. The number of hydrogen-bond donors (Lipinski definition) is 3. The first kappa shape index (κ1) is 12.5. The van der Waals surface area contributed by atoms with Crippen molar-refractivity contribution in [2.45, 2.75) is 25.5 Å². The fourth-order valence-electron chi connectivity index (χ4n) is 0.539. The van der Waals surface area contributed by atoms with Gasteiger partial charge < -0.3 is 0 Å². The van der Waals surface area contributed by atoms with Gasteiger partial charge in [0.05, 0.1) is 5.25 Å². The average molecular weight is 228 g/mol. The molecule has 13 heavy (non-hydrogen) atoms. The van der Waals surface area contributed by atoms with Crippen LogP contribution in [0.1, 0.15) is 20.3 Å². The Balaban J connectivity index is 4.75. The number of amides is 2. The summed E-state index contributed by atoms with van der Waals surface area (Å²) in [4.78, 5) is 10.7. The number of thiol groups is 1. The molecule has 0 radical (unpaired) electrons. The number of urea groups is 1. The van der Waals surface area contributed by atoms with Crippen LogP contribution in [0.2, 0.25) is 0 Å². The van der Waals surface area contributed by atoms with E-state index in [1.165, 1.54) is 6.92 Å². The number of carbonyl (C=O) groups excluding carboxylic acids is 1. The van der Waals surface area contributed by atoms with Gasteiger partial charge in [-0.15, -0.1) is 0 Å². The second-order valence-electron chi connectivity index (χ2n) is 2.42. The molecule has 0 aromatic heterocycles. The van der Waals surface area contributed by atoms with Crippen LogP contribution in [0.15, 0.2) is 0 Å². The van der Waals surface area contributed by atoms with Crippen molar-refractivity contribution in [3.8, 4) is 0 Å². The number of carbonyl (C=O) groups is 1. The maximum absolute atomic E-state index is 11.2. The zero-order chi connectivity index (χ0) is 10.6. The van der Waals surface area contributed by atoms with Crippen LogP contribution in [0, 0.1) is 0 Å². The van der Waals surface area contributed by atoms with Crippen molar-refractivity contribution in [3.63, 3.8) is 0 Å². The molecular weight excluding hydrogens is 216 g/mol. The van der Waals surface area contributed by atoms with Gasteiger partial charge in [-0.2, -0.15) is 0 Å². The highest BCUT2D eigenvalue weighted by atomic mass is 32.2. The van der Waals surface area contributed by atoms with Crippen molar-refractivity contribution in [1.82, 2.24) is 9.19 Å². The lowest BCUT2D eigenvalue weighted by Crippen LogP contribution is -2.42. The highest BCUT2D eigenvalue weighted by Crippen LogP contribution is 2.09. The van der Waals surface area contributed by atoms with Gasteiger partial charge in [0, 0.05) is 0 Å². The van der Waals surface area contributed by atoms with Crippen molar-refractivity contribution in [1.29, 1.82) is 0 Å². The smallest absolute Gasteiger partial charge is 0.282 e. The van der Waals surface area contributed by atoms with Crippen molar-refractivity contribution >= 4 is 28.9 Å². The van der Waals surface area contributed by atoms with Crippen molar-refractivity contribution in [2.24, 2.45) is 0 Å². The van der Waals surface area contributed by atoms with Gasteiger partial charge >= 0.3 is 6.03 Å². The molecule has 0 aliphatic carbocycles. The Morgan fingerprint density at radius 2 is 2.15 bits per heavy atom. The summed E-state index contributed by atoms with van der Waals surface area (Å²) in [6.45, 7) is 3.03. The van der Waals surface area contributed by atoms with Crippen LogP contribution in [0.3, 0.4) is 0 Å². The molecule has 0 fully saturated rings. The lowest BCUT2D eigenvalue weighted by molar-refractivity contribution is 0.0430. The van der Waals surface area contributed by atoms with E-state index in [1.807, 2.05) is 0 Å². The van der Waals surface area contributed by atoms with Crippen LogP contribution < -0.4 is 4.72 Å². The summed E-state index contributed by atoms with van der Waals surface area (Å²) < 4.78 is 23.8. The first-order valence-corrected chi connectivity index (χ1v) is 5.50. The van der Waals surface area contributed by atoms with Gasteiger partial charge in [-0.3, -0.25) is 9.93 Å². The number of rotatable bonds is 3. The number of hydrogen-bond acceptors (Lipinski definition) is 5. The first-order chi connectivity index (χ1) is 5.87. The lowest BCUT2D eigenvalue weighted by Gasteiger charge is -2.17. The standard InChI is InChI=1S/C5H12N2O4S2/c1-3-4(2)13(10,11)7(9)5(8)6-12/h4,9,12H,3H2,1-2H3,(H,6,8). The molecule has 0 spiro atoms. The molecule has 0 bridgehead atoms. The van der Waals surface area contributed by atoms with E-state index >= 15 is 0 Å². The van der Waals surface area contributed by atoms with Gasteiger partial charge in [0.2, 0.25) is 0 Å². The van der Waals surface area contributed by atoms with Gasteiger partial charge in [0.1, 0.15) is 0 Å². The third-order valence-electron chi connectivity index (χ3n) is 1.59. The number of nitrogens with one attached hydrogen (secondary N) is 1. The normalized spacial score (nSPS) is 13.5. The molecule has 0 saturated heterocycles. The fraction of sp³-hybridized carbons (Fsp3) is 0.800. The highest BCUT2D eigenvalue weighted by Gasteiger charge is 2.30. The van der Waals surface area contributed by atoms with Crippen LogP contribution in [0.4, 0.5) is 4.79 Å². The van der Waals surface area contributed by atoms with Crippen LogP contribution in [0.25, 0.3) is 0 Å². The molecule has 2 amide bonds. The molecule has 78 valence electrons. The molecule has 2 N–H and O–H groups in total. The molecule has 1 atom stereocenters. The Morgan fingerprint density at radius 3 is 2.46 bits per heavy atom. The maximum Gasteiger partial charge on any atom is 0.365 e. The summed E-state index contributed by atoms with van der Waals surface area (Å²) in [6.07, 6.45) is 0.305. The minimum atomic E-state index is -3.97. The summed E-state index contributed by atoms with van der Waals surface area (Å²) in [5.41, 5.74) is 0. The molecule has 0 heterocycles. The number of sulfonamides is 1. The number of hydroxylamine groups is 1. The topological polar surface area (TPSA) is 86.7 Å². The quantitative estimate of drug-likeness (QED) is 0.370. The summed E-state index contributed by atoms with van der Waals surface area (Å²) in [5.74, 6) is 0. The van der Waals surface area contributed by atoms with Gasteiger partial charge in [0.15, 0.2) is 0 Å². The van der Waals surface area contributed by atoms with Gasteiger partial charge in [-0.1, -0.05) is 24.2 Å². The molecule has 6 nitrogen and oxygen atoms in total. The predicted octanol–water partition coefficient (Wildman–Crippen LogP) is 0.360. The average Bonchev–Trinajstić information content (AvgIpc) is 2.13. The minimum absolute atomic E-state index is 0.305. The summed E-state index contributed by atoms with van der Waals surface area (Å²) in [6, 6.07) is -1.19. The second kappa shape index (κ2) is 4.68. The zero-order valence-electron chi connectivity index (χ0n) is 7.26. The zero-order valence-corrected chi connectivity index (χ0v) is 8.97. The van der Waals surface area contributed by atoms with E-state index in [0.717, 1.165) is 0 Å². The second-order valence-corrected chi connectivity index (χ2v) is 4.83. The van der Waals surface area contributed by atoms with Crippen molar-refractivity contribution in [2.75, 3.05) is 0 Å². The Kier molecular flexibility index (Phi) is 4.51. The van der Waals surface area contributed by atoms with Gasteiger partial charge in [-0.25, -0.2) is 13.2 Å². The molecule has 0 rings (SSSR count). The molecule has 0 saturated carbocycles. The van der Waals surface area contributed by atoms with E-state index in [4.69, 9.17) is 5.21 Å². The first-order valence-electron chi connectivity index (χ1n) is 3.55.